The van der Waals surface area contributed by atoms with Gasteiger partial charge in [-0.3, -0.25) is 4.79 Å². The van der Waals surface area contributed by atoms with Crippen molar-refractivity contribution in [2.45, 2.75) is 12.8 Å². The lowest BCUT2D eigenvalue weighted by atomic mass is 10.0. The van der Waals surface area contributed by atoms with Crippen LogP contribution in [0.2, 0.25) is 0 Å². The standard InChI is InChI=1S/C17H15FO/c1-2-3-9-17(19)14-10-11-15(16(18)12-14)13-7-5-4-6-8-13/h2,4-8,10-12H,1,3,9H2. The monoisotopic (exact) mass is 254 g/mol. The molecule has 0 aliphatic carbocycles. The quantitative estimate of drug-likeness (QED) is 0.561. The number of hydrogen-bond acceptors (Lipinski definition) is 1. The zero-order chi connectivity index (χ0) is 13.7. The number of rotatable bonds is 5. The fraction of sp³-hybridized carbons (Fsp3) is 0.118. The Morgan fingerprint density at radius 1 is 1.16 bits per heavy atom. The summed E-state index contributed by atoms with van der Waals surface area (Å²) in [7, 11) is 0. The highest BCUT2D eigenvalue weighted by atomic mass is 19.1. The van der Waals surface area contributed by atoms with Crippen LogP contribution in [0.1, 0.15) is 23.2 Å². The molecule has 2 aromatic rings. The van der Waals surface area contributed by atoms with Crippen LogP contribution in [0.4, 0.5) is 4.39 Å². The highest BCUT2D eigenvalue weighted by Gasteiger charge is 2.10. The van der Waals surface area contributed by atoms with Gasteiger partial charge in [-0.05, 0) is 18.1 Å². The summed E-state index contributed by atoms with van der Waals surface area (Å²) in [5, 5.41) is 0. The van der Waals surface area contributed by atoms with Gasteiger partial charge in [-0.1, -0.05) is 48.5 Å². The van der Waals surface area contributed by atoms with E-state index in [-0.39, 0.29) is 11.6 Å². The smallest absolute Gasteiger partial charge is 0.163 e. The Kier molecular flexibility index (Phi) is 4.24. The summed E-state index contributed by atoms with van der Waals surface area (Å²) >= 11 is 0. The third-order valence-electron chi connectivity index (χ3n) is 2.95. The maximum absolute atomic E-state index is 14.0. The van der Waals surface area contributed by atoms with Gasteiger partial charge in [0, 0.05) is 17.5 Å². The number of carbonyl (C=O) groups is 1. The molecule has 2 rings (SSSR count). The molecule has 1 nitrogen and oxygen atoms in total. The molecule has 0 fully saturated rings. The highest BCUT2D eigenvalue weighted by molar-refractivity contribution is 5.96. The van der Waals surface area contributed by atoms with Crippen molar-refractivity contribution in [2.24, 2.45) is 0 Å². The third kappa shape index (κ3) is 3.16. The van der Waals surface area contributed by atoms with Gasteiger partial charge < -0.3 is 0 Å². The van der Waals surface area contributed by atoms with Crippen LogP contribution in [0.15, 0.2) is 61.2 Å². The Labute approximate surface area is 112 Å². The van der Waals surface area contributed by atoms with Crippen molar-refractivity contribution >= 4 is 5.78 Å². The molecular formula is C17H15FO. The van der Waals surface area contributed by atoms with Crippen molar-refractivity contribution in [2.75, 3.05) is 0 Å². The van der Waals surface area contributed by atoms with Gasteiger partial charge in [-0.2, -0.15) is 0 Å². The van der Waals surface area contributed by atoms with Gasteiger partial charge in [-0.15, -0.1) is 6.58 Å². The molecule has 0 saturated heterocycles. The second kappa shape index (κ2) is 6.10. The lowest BCUT2D eigenvalue weighted by Gasteiger charge is -2.05. The molecule has 0 unspecified atom stereocenters. The maximum Gasteiger partial charge on any atom is 0.163 e. The van der Waals surface area contributed by atoms with Gasteiger partial charge in [0.1, 0.15) is 5.82 Å². The van der Waals surface area contributed by atoms with E-state index in [1.165, 1.54) is 6.07 Å². The van der Waals surface area contributed by atoms with Crippen molar-refractivity contribution in [1.29, 1.82) is 0 Å². The Bertz CT molecular complexity index is 587. The summed E-state index contributed by atoms with van der Waals surface area (Å²) < 4.78 is 14.0. The fourth-order valence-electron chi connectivity index (χ4n) is 1.92. The largest absolute Gasteiger partial charge is 0.294 e. The normalized spacial score (nSPS) is 10.2. The molecule has 19 heavy (non-hydrogen) atoms. The number of halogens is 1. The first-order valence-electron chi connectivity index (χ1n) is 6.21. The van der Waals surface area contributed by atoms with E-state index in [4.69, 9.17) is 0 Å². The molecule has 0 heterocycles. The summed E-state index contributed by atoms with van der Waals surface area (Å²) in [6, 6.07) is 13.9. The number of allylic oxidation sites excluding steroid dienone is 1. The first kappa shape index (κ1) is 13.2. The van der Waals surface area contributed by atoms with Gasteiger partial charge in [0.15, 0.2) is 5.78 Å². The minimum Gasteiger partial charge on any atom is -0.294 e. The Balaban J connectivity index is 2.27. The molecule has 96 valence electrons. The molecule has 2 heteroatoms. The van der Waals surface area contributed by atoms with Crippen LogP contribution in [0.5, 0.6) is 0 Å². The lowest BCUT2D eigenvalue weighted by Crippen LogP contribution is -1.99. The van der Waals surface area contributed by atoms with Crippen LogP contribution in [0.3, 0.4) is 0 Å². The van der Waals surface area contributed by atoms with Crippen molar-refractivity contribution < 1.29 is 9.18 Å². The molecule has 0 bridgehead atoms. The van der Waals surface area contributed by atoms with E-state index < -0.39 is 0 Å². The van der Waals surface area contributed by atoms with E-state index in [1.807, 2.05) is 30.3 Å². The summed E-state index contributed by atoms with van der Waals surface area (Å²) in [6.07, 6.45) is 2.67. The second-order valence-electron chi connectivity index (χ2n) is 4.31. The van der Waals surface area contributed by atoms with Crippen LogP contribution in [-0.2, 0) is 0 Å². The highest BCUT2D eigenvalue weighted by Crippen LogP contribution is 2.23. The lowest BCUT2D eigenvalue weighted by molar-refractivity contribution is 0.0983. The SMILES string of the molecule is C=CCCC(=O)c1ccc(-c2ccccc2)c(F)c1. The van der Waals surface area contributed by atoms with E-state index in [0.717, 1.165) is 5.56 Å². The molecule has 0 saturated carbocycles. The maximum atomic E-state index is 14.0. The second-order valence-corrected chi connectivity index (χ2v) is 4.31. The van der Waals surface area contributed by atoms with Gasteiger partial charge >= 0.3 is 0 Å². The molecule has 0 amide bonds. The first-order chi connectivity index (χ1) is 9.22. The molecule has 0 atom stereocenters. The zero-order valence-electron chi connectivity index (χ0n) is 10.6. The van der Waals surface area contributed by atoms with Gasteiger partial charge in [0.25, 0.3) is 0 Å². The van der Waals surface area contributed by atoms with Crippen molar-refractivity contribution in [3.63, 3.8) is 0 Å². The predicted octanol–water partition coefficient (Wildman–Crippen LogP) is 4.64. The van der Waals surface area contributed by atoms with Crippen molar-refractivity contribution in [1.82, 2.24) is 0 Å². The molecule has 0 radical (unpaired) electrons. The Morgan fingerprint density at radius 3 is 2.53 bits per heavy atom. The average molecular weight is 254 g/mol. The van der Waals surface area contributed by atoms with E-state index in [9.17, 15) is 9.18 Å². The summed E-state index contributed by atoms with van der Waals surface area (Å²) in [5.74, 6) is -0.422. The molecule has 0 spiro atoms. The van der Waals surface area contributed by atoms with Crippen LogP contribution >= 0.6 is 0 Å². The van der Waals surface area contributed by atoms with E-state index >= 15 is 0 Å². The van der Waals surface area contributed by atoms with E-state index in [0.29, 0.717) is 24.0 Å². The third-order valence-corrected chi connectivity index (χ3v) is 2.95. The topological polar surface area (TPSA) is 17.1 Å². The summed E-state index contributed by atoms with van der Waals surface area (Å²) in [6.45, 7) is 3.57. The molecule has 2 aromatic carbocycles. The number of ketones is 1. The Morgan fingerprint density at radius 2 is 1.89 bits per heavy atom. The zero-order valence-corrected chi connectivity index (χ0v) is 10.6. The number of benzene rings is 2. The fourth-order valence-corrected chi connectivity index (χ4v) is 1.92. The average Bonchev–Trinajstić information content (AvgIpc) is 2.45. The van der Waals surface area contributed by atoms with Gasteiger partial charge in [-0.25, -0.2) is 4.39 Å². The number of carbonyl (C=O) groups excluding carboxylic acids is 1. The van der Waals surface area contributed by atoms with E-state index in [2.05, 4.69) is 6.58 Å². The molecule has 0 aliphatic heterocycles. The molecule has 0 aromatic heterocycles. The molecule has 0 N–H and O–H groups in total. The van der Waals surface area contributed by atoms with Gasteiger partial charge in [0.05, 0.1) is 0 Å². The Hall–Kier alpha value is -2.22. The van der Waals surface area contributed by atoms with Crippen molar-refractivity contribution in [3.8, 4) is 11.1 Å². The molecule has 0 aliphatic rings. The number of Topliss-reactive ketones (excluding diaryl/α,β-unsaturated/α-hetero) is 1. The minimum absolute atomic E-state index is 0.0570. The van der Waals surface area contributed by atoms with Crippen molar-refractivity contribution in [3.05, 3.63) is 72.6 Å². The van der Waals surface area contributed by atoms with Crippen LogP contribution in [-0.4, -0.2) is 5.78 Å². The van der Waals surface area contributed by atoms with Crippen LogP contribution in [0.25, 0.3) is 11.1 Å². The van der Waals surface area contributed by atoms with Crippen LogP contribution in [0, 0.1) is 5.82 Å². The number of hydrogen-bond donors (Lipinski definition) is 0. The minimum atomic E-state index is -0.365. The molecular weight excluding hydrogens is 239 g/mol. The van der Waals surface area contributed by atoms with Gasteiger partial charge in [0.2, 0.25) is 0 Å². The predicted molar refractivity (Wildman–Crippen MR) is 75.6 cm³/mol. The van der Waals surface area contributed by atoms with E-state index in [1.54, 1.807) is 18.2 Å². The summed E-state index contributed by atoms with van der Waals surface area (Å²) in [4.78, 5) is 11.8. The first-order valence-corrected chi connectivity index (χ1v) is 6.21. The summed E-state index contributed by atoms with van der Waals surface area (Å²) in [5.41, 5.74) is 1.74. The van der Waals surface area contributed by atoms with Crippen LogP contribution < -0.4 is 0 Å².